The number of carboxylic acids is 1. The molecular weight excluding hydrogens is 256 g/mol. The zero-order chi connectivity index (χ0) is 15.1. The molecule has 116 valence electrons. The van der Waals surface area contributed by atoms with E-state index in [1.807, 2.05) is 11.8 Å². The van der Waals surface area contributed by atoms with E-state index in [4.69, 9.17) is 5.11 Å². The van der Waals surface area contributed by atoms with Crippen molar-refractivity contribution in [2.24, 2.45) is 17.8 Å². The van der Waals surface area contributed by atoms with Gasteiger partial charge in [-0.3, -0.25) is 4.79 Å². The van der Waals surface area contributed by atoms with Crippen LogP contribution in [0.1, 0.15) is 46.5 Å². The van der Waals surface area contributed by atoms with Crippen molar-refractivity contribution in [3.8, 4) is 0 Å². The van der Waals surface area contributed by atoms with Gasteiger partial charge >= 0.3 is 12.0 Å². The summed E-state index contributed by atoms with van der Waals surface area (Å²) >= 11 is 0. The molecule has 0 aromatic carbocycles. The summed E-state index contributed by atoms with van der Waals surface area (Å²) in [4.78, 5) is 24.8. The van der Waals surface area contributed by atoms with Gasteiger partial charge in [0.2, 0.25) is 0 Å². The molecule has 2 amide bonds. The standard InChI is InChI=1S/C15H28N2O3/c1-4-17(10-12-5-6-12)15(20)16-9-13(7-11(2)3)8-14(18)19/h11-13H,4-10H2,1-3H3,(H,16,20)(H,18,19)/t13-/m0/s1. The van der Waals surface area contributed by atoms with Gasteiger partial charge in [-0.1, -0.05) is 13.8 Å². The maximum atomic E-state index is 12.1. The first-order chi connectivity index (χ1) is 9.42. The van der Waals surface area contributed by atoms with Crippen molar-refractivity contribution < 1.29 is 14.7 Å². The molecule has 1 fully saturated rings. The second-order valence-corrected chi connectivity index (χ2v) is 6.26. The highest BCUT2D eigenvalue weighted by atomic mass is 16.4. The van der Waals surface area contributed by atoms with Crippen molar-refractivity contribution in [1.29, 1.82) is 0 Å². The van der Waals surface area contributed by atoms with Crippen molar-refractivity contribution in [3.63, 3.8) is 0 Å². The van der Waals surface area contributed by atoms with Crippen LogP contribution in [0.3, 0.4) is 0 Å². The van der Waals surface area contributed by atoms with Crippen LogP contribution in [0.4, 0.5) is 4.79 Å². The fraction of sp³-hybridized carbons (Fsp3) is 0.867. The van der Waals surface area contributed by atoms with Gasteiger partial charge in [0.15, 0.2) is 0 Å². The summed E-state index contributed by atoms with van der Waals surface area (Å²) in [5.74, 6) is 0.322. The summed E-state index contributed by atoms with van der Waals surface area (Å²) in [5, 5.41) is 11.8. The molecule has 0 radical (unpaired) electrons. The quantitative estimate of drug-likeness (QED) is 0.683. The van der Waals surface area contributed by atoms with Gasteiger partial charge in [0, 0.05) is 26.1 Å². The highest BCUT2D eigenvalue weighted by molar-refractivity contribution is 5.74. The highest BCUT2D eigenvalue weighted by Gasteiger charge is 2.26. The van der Waals surface area contributed by atoms with Gasteiger partial charge in [-0.2, -0.15) is 0 Å². The molecule has 0 aromatic rings. The van der Waals surface area contributed by atoms with Gasteiger partial charge in [-0.15, -0.1) is 0 Å². The van der Waals surface area contributed by atoms with Crippen molar-refractivity contribution in [3.05, 3.63) is 0 Å². The monoisotopic (exact) mass is 284 g/mol. The topological polar surface area (TPSA) is 69.6 Å². The lowest BCUT2D eigenvalue weighted by atomic mass is 9.94. The lowest BCUT2D eigenvalue weighted by Crippen LogP contribution is -2.43. The van der Waals surface area contributed by atoms with Crippen LogP contribution in [-0.4, -0.2) is 41.6 Å². The number of rotatable bonds is 9. The highest BCUT2D eigenvalue weighted by Crippen LogP contribution is 2.29. The van der Waals surface area contributed by atoms with Crippen LogP contribution in [0, 0.1) is 17.8 Å². The molecular formula is C15H28N2O3. The van der Waals surface area contributed by atoms with Crippen molar-refractivity contribution in [2.75, 3.05) is 19.6 Å². The first-order valence-corrected chi connectivity index (χ1v) is 7.66. The Balaban J connectivity index is 2.38. The van der Waals surface area contributed by atoms with Gasteiger partial charge in [0.25, 0.3) is 0 Å². The zero-order valence-electron chi connectivity index (χ0n) is 12.9. The molecule has 1 aliphatic carbocycles. The van der Waals surface area contributed by atoms with Gasteiger partial charge < -0.3 is 15.3 Å². The molecule has 0 unspecified atom stereocenters. The van der Waals surface area contributed by atoms with Crippen LogP contribution in [0.2, 0.25) is 0 Å². The normalized spacial score (nSPS) is 16.0. The van der Waals surface area contributed by atoms with E-state index in [2.05, 4.69) is 19.2 Å². The van der Waals surface area contributed by atoms with E-state index in [1.54, 1.807) is 0 Å². The van der Waals surface area contributed by atoms with Crippen LogP contribution >= 0.6 is 0 Å². The molecule has 0 saturated heterocycles. The fourth-order valence-electron chi connectivity index (χ4n) is 2.46. The molecule has 1 aliphatic rings. The van der Waals surface area contributed by atoms with E-state index in [0.29, 0.717) is 24.9 Å². The minimum atomic E-state index is -0.796. The molecule has 5 heteroatoms. The Bertz CT molecular complexity index is 327. The third-order valence-electron chi connectivity index (χ3n) is 3.65. The summed E-state index contributed by atoms with van der Waals surface area (Å²) in [7, 11) is 0. The zero-order valence-corrected chi connectivity index (χ0v) is 12.9. The molecule has 0 aliphatic heterocycles. The summed E-state index contributed by atoms with van der Waals surface area (Å²) < 4.78 is 0. The molecule has 0 heterocycles. The smallest absolute Gasteiger partial charge is 0.317 e. The number of carboxylic acid groups (broad SMARTS) is 1. The number of hydrogen-bond donors (Lipinski definition) is 2. The van der Waals surface area contributed by atoms with Gasteiger partial charge in [-0.25, -0.2) is 4.79 Å². The van der Waals surface area contributed by atoms with Gasteiger partial charge in [-0.05, 0) is 43.9 Å². The third kappa shape index (κ3) is 6.78. The van der Waals surface area contributed by atoms with Crippen molar-refractivity contribution in [2.45, 2.75) is 46.5 Å². The summed E-state index contributed by atoms with van der Waals surface area (Å²) in [6, 6.07) is -0.0569. The first-order valence-electron chi connectivity index (χ1n) is 7.66. The average Bonchev–Trinajstić information content (AvgIpc) is 3.15. The van der Waals surface area contributed by atoms with Crippen LogP contribution in [0.5, 0.6) is 0 Å². The number of urea groups is 1. The molecule has 20 heavy (non-hydrogen) atoms. The van der Waals surface area contributed by atoms with Gasteiger partial charge in [0.1, 0.15) is 0 Å². The number of carbonyl (C=O) groups is 2. The molecule has 0 aromatic heterocycles. The minimum Gasteiger partial charge on any atom is -0.481 e. The van der Waals surface area contributed by atoms with E-state index < -0.39 is 5.97 Å². The van der Waals surface area contributed by atoms with Crippen molar-refractivity contribution >= 4 is 12.0 Å². The fourth-order valence-corrected chi connectivity index (χ4v) is 2.46. The van der Waals surface area contributed by atoms with Crippen molar-refractivity contribution in [1.82, 2.24) is 10.2 Å². The molecule has 2 N–H and O–H groups in total. The Morgan fingerprint density at radius 3 is 2.45 bits per heavy atom. The number of amides is 2. The second kappa shape index (κ2) is 8.12. The Morgan fingerprint density at radius 1 is 1.35 bits per heavy atom. The van der Waals surface area contributed by atoms with Crippen LogP contribution in [0.25, 0.3) is 0 Å². The lowest BCUT2D eigenvalue weighted by Gasteiger charge is -2.24. The summed E-state index contributed by atoms with van der Waals surface area (Å²) in [6.45, 7) is 8.10. The molecule has 0 bridgehead atoms. The molecule has 1 rings (SSSR count). The second-order valence-electron chi connectivity index (χ2n) is 6.26. The van der Waals surface area contributed by atoms with E-state index >= 15 is 0 Å². The summed E-state index contributed by atoms with van der Waals surface area (Å²) in [5.41, 5.74) is 0. The Hall–Kier alpha value is -1.26. The number of aliphatic carboxylic acids is 1. The summed E-state index contributed by atoms with van der Waals surface area (Å²) in [6.07, 6.45) is 3.38. The molecule has 0 spiro atoms. The SMILES string of the molecule is CCN(CC1CC1)C(=O)NC[C@H](CC(=O)O)CC(C)C. The molecule has 5 nitrogen and oxygen atoms in total. The Morgan fingerprint density at radius 2 is 2.00 bits per heavy atom. The maximum Gasteiger partial charge on any atom is 0.317 e. The lowest BCUT2D eigenvalue weighted by molar-refractivity contribution is -0.138. The number of nitrogens with zero attached hydrogens (tertiary/aromatic N) is 1. The predicted octanol–water partition coefficient (Wildman–Crippen LogP) is 2.56. The molecule has 1 atom stereocenters. The number of hydrogen-bond acceptors (Lipinski definition) is 2. The molecule has 1 saturated carbocycles. The van der Waals surface area contributed by atoms with Crippen LogP contribution < -0.4 is 5.32 Å². The average molecular weight is 284 g/mol. The minimum absolute atomic E-state index is 0.0103. The van der Waals surface area contributed by atoms with E-state index in [-0.39, 0.29) is 18.4 Å². The van der Waals surface area contributed by atoms with E-state index in [1.165, 1.54) is 12.8 Å². The third-order valence-corrected chi connectivity index (χ3v) is 3.65. The van der Waals surface area contributed by atoms with E-state index in [9.17, 15) is 9.59 Å². The Kier molecular flexibility index (Phi) is 6.82. The van der Waals surface area contributed by atoms with Gasteiger partial charge in [0.05, 0.1) is 0 Å². The largest absolute Gasteiger partial charge is 0.481 e. The maximum absolute atomic E-state index is 12.1. The number of nitrogens with one attached hydrogen (secondary N) is 1. The first kappa shape index (κ1) is 16.8. The predicted molar refractivity (Wildman–Crippen MR) is 78.6 cm³/mol. The van der Waals surface area contributed by atoms with Crippen LogP contribution in [0.15, 0.2) is 0 Å². The van der Waals surface area contributed by atoms with Crippen LogP contribution in [-0.2, 0) is 4.79 Å². The number of carbonyl (C=O) groups excluding carboxylic acids is 1. The van der Waals surface area contributed by atoms with E-state index in [0.717, 1.165) is 13.0 Å². The Labute approximate surface area is 121 Å².